The number of H-pyrrole nitrogens is 1. The lowest BCUT2D eigenvalue weighted by molar-refractivity contribution is -0.0294. The summed E-state index contributed by atoms with van der Waals surface area (Å²) in [6.45, 7) is 0. The van der Waals surface area contributed by atoms with Gasteiger partial charge in [-0.15, -0.1) is 0 Å². The van der Waals surface area contributed by atoms with Gasteiger partial charge >= 0.3 is 5.69 Å². The van der Waals surface area contributed by atoms with Crippen LogP contribution in [-0.2, 0) is 0 Å². The fourth-order valence-corrected chi connectivity index (χ4v) is 5.02. The van der Waals surface area contributed by atoms with E-state index in [2.05, 4.69) is 4.98 Å². The molecule has 4 aliphatic rings. The number of aromatic amines is 1. The molecule has 0 atom stereocenters. The number of rotatable bonds is 1. The molecule has 3 N–H and O–H groups in total. The van der Waals surface area contributed by atoms with E-state index in [4.69, 9.17) is 5.73 Å². The standard InChI is InChI=1S/C13H19N3O/c14-11-6-15-13(17)16(11)12-9-2-7-1-8(4-9)5-10(12)3-7/h6-10,12H,1-5,14H2,(H,15,17). The smallest absolute Gasteiger partial charge is 0.327 e. The number of imidazole rings is 1. The zero-order valence-electron chi connectivity index (χ0n) is 9.93. The number of nitrogens with zero attached hydrogens (tertiary/aromatic N) is 1. The van der Waals surface area contributed by atoms with Crippen molar-refractivity contribution in [3.05, 3.63) is 16.7 Å². The lowest BCUT2D eigenvalue weighted by Gasteiger charge is -2.54. The predicted molar refractivity (Wildman–Crippen MR) is 65.5 cm³/mol. The summed E-state index contributed by atoms with van der Waals surface area (Å²) in [4.78, 5) is 14.6. The van der Waals surface area contributed by atoms with Gasteiger partial charge in [0.05, 0.1) is 0 Å². The summed E-state index contributed by atoms with van der Waals surface area (Å²) in [6, 6.07) is 0.376. The molecule has 1 heterocycles. The molecule has 4 aliphatic carbocycles. The highest BCUT2D eigenvalue weighted by Gasteiger charge is 2.49. The average Bonchev–Trinajstić information content (AvgIpc) is 2.59. The molecule has 0 spiro atoms. The van der Waals surface area contributed by atoms with E-state index in [-0.39, 0.29) is 5.69 Å². The fraction of sp³-hybridized carbons (Fsp3) is 0.769. The van der Waals surface area contributed by atoms with E-state index >= 15 is 0 Å². The average molecular weight is 233 g/mol. The van der Waals surface area contributed by atoms with E-state index in [0.29, 0.717) is 23.7 Å². The Balaban J connectivity index is 1.78. The first kappa shape index (κ1) is 9.80. The van der Waals surface area contributed by atoms with E-state index in [9.17, 15) is 4.79 Å². The number of nitrogens with one attached hydrogen (secondary N) is 1. The van der Waals surface area contributed by atoms with E-state index < -0.39 is 0 Å². The Morgan fingerprint density at radius 3 is 2.18 bits per heavy atom. The Kier molecular flexibility index (Phi) is 1.83. The van der Waals surface area contributed by atoms with Crippen molar-refractivity contribution < 1.29 is 0 Å². The van der Waals surface area contributed by atoms with Gasteiger partial charge in [0.2, 0.25) is 0 Å². The van der Waals surface area contributed by atoms with E-state index in [1.165, 1.54) is 32.1 Å². The summed E-state index contributed by atoms with van der Waals surface area (Å²) >= 11 is 0. The van der Waals surface area contributed by atoms with Gasteiger partial charge in [0.15, 0.2) is 0 Å². The molecule has 4 nitrogen and oxygen atoms in total. The summed E-state index contributed by atoms with van der Waals surface area (Å²) in [7, 11) is 0. The van der Waals surface area contributed by atoms with Gasteiger partial charge in [0.1, 0.15) is 5.82 Å². The highest BCUT2D eigenvalue weighted by Crippen LogP contribution is 2.58. The number of hydrogen-bond acceptors (Lipinski definition) is 2. The maximum atomic E-state index is 11.9. The van der Waals surface area contributed by atoms with Gasteiger partial charge in [-0.05, 0) is 55.8 Å². The zero-order chi connectivity index (χ0) is 11.6. The first-order chi connectivity index (χ1) is 8.22. The van der Waals surface area contributed by atoms with Crippen molar-refractivity contribution in [2.24, 2.45) is 23.7 Å². The minimum Gasteiger partial charge on any atom is -0.384 e. The molecule has 4 heteroatoms. The maximum absolute atomic E-state index is 11.9. The molecule has 0 unspecified atom stereocenters. The Morgan fingerprint density at radius 2 is 1.71 bits per heavy atom. The summed E-state index contributed by atoms with van der Waals surface area (Å²) in [5.74, 6) is 3.88. The van der Waals surface area contributed by atoms with Gasteiger partial charge in [-0.2, -0.15) is 0 Å². The molecule has 92 valence electrons. The SMILES string of the molecule is Nc1c[nH]c(=O)n1C1C2CC3CC(C2)CC1C3. The monoisotopic (exact) mass is 233 g/mol. The van der Waals surface area contributed by atoms with Crippen LogP contribution in [0.5, 0.6) is 0 Å². The summed E-state index contributed by atoms with van der Waals surface area (Å²) in [6.07, 6.45) is 8.34. The van der Waals surface area contributed by atoms with Crippen molar-refractivity contribution >= 4 is 5.82 Å². The Hall–Kier alpha value is -1.19. The largest absolute Gasteiger partial charge is 0.384 e. The van der Waals surface area contributed by atoms with Crippen molar-refractivity contribution in [3.8, 4) is 0 Å². The summed E-state index contributed by atoms with van der Waals surface area (Å²) < 4.78 is 1.84. The molecule has 0 aromatic carbocycles. The number of hydrogen-bond donors (Lipinski definition) is 2. The molecule has 4 bridgehead atoms. The van der Waals surface area contributed by atoms with Crippen molar-refractivity contribution in [1.29, 1.82) is 0 Å². The second-order valence-electron chi connectivity index (χ2n) is 6.31. The second-order valence-corrected chi connectivity index (χ2v) is 6.31. The van der Waals surface area contributed by atoms with Crippen molar-refractivity contribution in [3.63, 3.8) is 0 Å². The van der Waals surface area contributed by atoms with Crippen LogP contribution in [0.4, 0.5) is 5.82 Å². The van der Waals surface area contributed by atoms with Gasteiger partial charge < -0.3 is 10.7 Å². The van der Waals surface area contributed by atoms with E-state index in [1.807, 2.05) is 4.57 Å². The van der Waals surface area contributed by atoms with Crippen molar-refractivity contribution in [2.45, 2.75) is 38.1 Å². The van der Waals surface area contributed by atoms with Crippen LogP contribution in [0.3, 0.4) is 0 Å². The predicted octanol–water partition coefficient (Wildman–Crippen LogP) is 1.76. The number of anilines is 1. The number of aromatic nitrogens is 2. The minimum absolute atomic E-state index is 0.0139. The van der Waals surface area contributed by atoms with Crippen LogP contribution in [0.2, 0.25) is 0 Å². The zero-order valence-corrected chi connectivity index (χ0v) is 9.93. The lowest BCUT2D eigenvalue weighted by Crippen LogP contribution is -2.48. The molecular weight excluding hydrogens is 214 g/mol. The molecule has 0 saturated heterocycles. The third kappa shape index (κ3) is 1.27. The molecule has 4 saturated carbocycles. The second kappa shape index (κ2) is 3.18. The molecule has 0 amide bonds. The highest BCUT2D eigenvalue weighted by molar-refractivity contribution is 5.26. The normalized spacial score (nSPS) is 43.2. The maximum Gasteiger partial charge on any atom is 0.327 e. The van der Waals surface area contributed by atoms with Crippen molar-refractivity contribution in [2.75, 3.05) is 5.73 Å². The lowest BCUT2D eigenvalue weighted by atomic mass is 9.54. The Bertz CT molecular complexity index is 473. The van der Waals surface area contributed by atoms with Gasteiger partial charge in [-0.3, -0.25) is 4.57 Å². The Morgan fingerprint density at radius 1 is 1.12 bits per heavy atom. The summed E-state index contributed by atoms with van der Waals surface area (Å²) in [5, 5.41) is 0. The fourth-order valence-electron chi connectivity index (χ4n) is 5.02. The molecular formula is C13H19N3O. The van der Waals surface area contributed by atoms with Gasteiger partial charge in [0, 0.05) is 12.2 Å². The molecule has 1 aromatic heterocycles. The molecule has 1 aromatic rings. The molecule has 4 fully saturated rings. The number of nitrogen functional groups attached to an aromatic ring is 1. The molecule has 5 rings (SSSR count). The number of nitrogens with two attached hydrogens (primary N) is 1. The summed E-state index contributed by atoms with van der Waals surface area (Å²) in [5.41, 5.74) is 5.94. The minimum atomic E-state index is -0.0139. The van der Waals surface area contributed by atoms with Crippen LogP contribution >= 0.6 is 0 Å². The Labute approximate surface area is 100 Å². The van der Waals surface area contributed by atoms with Gasteiger partial charge in [-0.1, -0.05) is 0 Å². The van der Waals surface area contributed by atoms with Crippen LogP contribution < -0.4 is 11.4 Å². The first-order valence-electron chi connectivity index (χ1n) is 6.77. The molecule has 17 heavy (non-hydrogen) atoms. The van der Waals surface area contributed by atoms with Gasteiger partial charge in [-0.25, -0.2) is 4.79 Å². The topological polar surface area (TPSA) is 63.8 Å². The third-order valence-electron chi connectivity index (χ3n) is 5.32. The van der Waals surface area contributed by atoms with Crippen LogP contribution in [0, 0.1) is 23.7 Å². The van der Waals surface area contributed by atoms with E-state index in [0.717, 1.165) is 11.8 Å². The van der Waals surface area contributed by atoms with Gasteiger partial charge in [0.25, 0.3) is 0 Å². The van der Waals surface area contributed by atoms with Crippen LogP contribution in [0.1, 0.15) is 38.1 Å². The third-order valence-corrected chi connectivity index (χ3v) is 5.32. The quantitative estimate of drug-likeness (QED) is 0.776. The first-order valence-corrected chi connectivity index (χ1v) is 6.77. The molecule has 0 radical (unpaired) electrons. The van der Waals surface area contributed by atoms with E-state index in [1.54, 1.807) is 6.20 Å². The van der Waals surface area contributed by atoms with Crippen LogP contribution in [0.15, 0.2) is 11.0 Å². The van der Waals surface area contributed by atoms with Crippen LogP contribution in [-0.4, -0.2) is 9.55 Å². The highest BCUT2D eigenvalue weighted by atomic mass is 16.1. The van der Waals surface area contributed by atoms with Crippen LogP contribution in [0.25, 0.3) is 0 Å². The van der Waals surface area contributed by atoms with Crippen molar-refractivity contribution in [1.82, 2.24) is 9.55 Å². The molecule has 0 aliphatic heterocycles.